The van der Waals surface area contributed by atoms with Crippen LogP contribution in [0.4, 0.5) is 0 Å². The molecule has 0 amide bonds. The van der Waals surface area contributed by atoms with Crippen LogP contribution in [0.15, 0.2) is 172 Å². The third kappa shape index (κ3) is 4.83. The van der Waals surface area contributed by atoms with Gasteiger partial charge in [0.15, 0.2) is 17.5 Å². The molecule has 234 valence electrons. The fourth-order valence-electron chi connectivity index (χ4n) is 5.73. The Morgan fingerprint density at radius 2 is 0.920 bits per heavy atom. The molecule has 0 radical (unpaired) electrons. The van der Waals surface area contributed by atoms with E-state index in [1.165, 1.54) is 0 Å². The molecule has 0 fully saturated rings. The fraction of sp³-hybridized carbons (Fsp3) is 0. The molecule has 0 aliphatic carbocycles. The molecule has 50 heavy (non-hydrogen) atoms. The molecule has 10 rings (SSSR count). The van der Waals surface area contributed by atoms with Gasteiger partial charge < -0.3 is 8.83 Å². The van der Waals surface area contributed by atoms with Gasteiger partial charge in [0.05, 0.1) is 20.6 Å². The highest BCUT2D eigenvalue weighted by Gasteiger charge is 2.15. The van der Waals surface area contributed by atoms with Gasteiger partial charge in [0.25, 0.3) is 0 Å². The molecule has 0 bridgehead atoms. The molecular weight excluding hydrogens is 615 g/mol. The van der Waals surface area contributed by atoms with Crippen LogP contribution in [0.25, 0.3) is 100 Å². The van der Waals surface area contributed by atoms with Crippen LogP contribution in [0, 0.1) is 0 Å². The third-order valence-electron chi connectivity index (χ3n) is 8.16. The van der Waals surface area contributed by atoms with Crippen molar-refractivity contribution in [2.75, 3.05) is 0 Å². The first-order valence-electron chi connectivity index (χ1n) is 22.9. The predicted octanol–water partition coefficient (Wildman–Crippen LogP) is 12.0. The van der Waals surface area contributed by atoms with Crippen LogP contribution in [-0.2, 0) is 0 Å². The van der Waals surface area contributed by atoms with E-state index in [1.807, 2.05) is 30.3 Å². The average molecular weight is 657 g/mol. The second-order valence-corrected chi connectivity index (χ2v) is 11.2. The molecular formula is C45H27N3O2. The molecule has 5 nitrogen and oxygen atoms in total. The minimum atomic E-state index is -0.834. The van der Waals surface area contributed by atoms with Crippen molar-refractivity contribution in [3.8, 4) is 56.4 Å². The van der Waals surface area contributed by atoms with Crippen molar-refractivity contribution < 1.29 is 29.4 Å². The standard InChI is InChI=1S/C45H27N3O2/c1-2-8-31(9-3-1)43-46-44(48-45(47-43)34-23-25-38-36-11-5-7-13-40(36)50-42(38)27-34)32-20-18-29(19-21-32)28-14-16-30(17-15-28)33-22-24-37-35-10-4-6-12-39(35)49-41(37)26-33/h1-27H/i4D,6D,10D,12D,14D,15D,16D,17D,18D,19D,20D,21D,22D,24D,26D. The third-order valence-corrected chi connectivity index (χ3v) is 8.16. The maximum atomic E-state index is 9.21. The first kappa shape index (κ1) is 17.0. The zero-order valence-electron chi connectivity index (χ0n) is 40.6. The maximum Gasteiger partial charge on any atom is 0.164 e. The van der Waals surface area contributed by atoms with Crippen LogP contribution in [0.5, 0.6) is 0 Å². The van der Waals surface area contributed by atoms with Gasteiger partial charge in [-0.3, -0.25) is 0 Å². The number of hydrogen-bond donors (Lipinski definition) is 0. The fourth-order valence-corrected chi connectivity index (χ4v) is 5.73. The Bertz CT molecular complexity index is 3680. The van der Waals surface area contributed by atoms with Gasteiger partial charge in [-0.1, -0.05) is 127 Å². The quantitative estimate of drug-likeness (QED) is 0.184. The molecule has 5 heteroatoms. The largest absolute Gasteiger partial charge is 0.456 e. The second-order valence-electron chi connectivity index (χ2n) is 11.2. The highest BCUT2D eigenvalue weighted by molar-refractivity contribution is 6.06. The lowest BCUT2D eigenvalue weighted by Crippen LogP contribution is -2.00. The van der Waals surface area contributed by atoms with Crippen molar-refractivity contribution in [3.63, 3.8) is 0 Å². The van der Waals surface area contributed by atoms with Crippen LogP contribution < -0.4 is 0 Å². The second kappa shape index (κ2) is 11.4. The number of benzene rings is 7. The summed E-state index contributed by atoms with van der Waals surface area (Å²) in [5, 5.41) is 1.26. The number of para-hydroxylation sites is 2. The Balaban J connectivity index is 1.15. The first-order chi connectivity index (χ1) is 31.0. The Morgan fingerprint density at radius 1 is 0.360 bits per heavy atom. The topological polar surface area (TPSA) is 65.0 Å². The van der Waals surface area contributed by atoms with Crippen LogP contribution in [0.3, 0.4) is 0 Å². The number of furan rings is 2. The van der Waals surface area contributed by atoms with Gasteiger partial charge in [-0.25, -0.2) is 15.0 Å². The van der Waals surface area contributed by atoms with E-state index in [1.54, 1.807) is 42.5 Å². The van der Waals surface area contributed by atoms with Crippen LogP contribution in [0.2, 0.25) is 0 Å². The van der Waals surface area contributed by atoms with Crippen molar-refractivity contribution >= 4 is 43.9 Å². The summed E-state index contributed by atoms with van der Waals surface area (Å²) in [4.78, 5) is 14.0. The highest BCUT2D eigenvalue weighted by Crippen LogP contribution is 2.35. The summed E-state index contributed by atoms with van der Waals surface area (Å²) in [5.74, 6) is 0.0744. The Labute approximate surface area is 308 Å². The number of hydrogen-bond acceptors (Lipinski definition) is 5. The van der Waals surface area contributed by atoms with Crippen molar-refractivity contribution in [1.29, 1.82) is 0 Å². The van der Waals surface area contributed by atoms with Crippen LogP contribution in [0.1, 0.15) is 20.6 Å². The molecule has 0 spiro atoms. The van der Waals surface area contributed by atoms with E-state index in [9.17, 15) is 5.48 Å². The SMILES string of the molecule is [2H]c1c([2H])c(-c2c([2H])c([2H])c(-c3c([2H])c([2H])c4c(oc5c([2H])c([2H])c([2H])c([2H])c54)c3[2H])c([2H])c2[2H])c([2H])c([2H])c1-c1nc(-c2ccccc2)nc(-c2ccc3c(c2)oc2ccccc23)n1. The highest BCUT2D eigenvalue weighted by atomic mass is 16.3. The van der Waals surface area contributed by atoms with Gasteiger partial charge >= 0.3 is 0 Å². The van der Waals surface area contributed by atoms with Crippen molar-refractivity contribution in [2.24, 2.45) is 0 Å². The summed E-state index contributed by atoms with van der Waals surface area (Å²) < 4.78 is 145. The summed E-state index contributed by atoms with van der Waals surface area (Å²) in [6, 6.07) is 11.2. The van der Waals surface area contributed by atoms with Gasteiger partial charge in [-0.05, 0) is 58.6 Å². The minimum Gasteiger partial charge on any atom is -0.456 e. The summed E-state index contributed by atoms with van der Waals surface area (Å²) >= 11 is 0. The van der Waals surface area contributed by atoms with E-state index in [-0.39, 0.29) is 39.4 Å². The van der Waals surface area contributed by atoms with Crippen LogP contribution in [-0.4, -0.2) is 15.0 Å². The Kier molecular flexibility index (Phi) is 3.87. The maximum absolute atomic E-state index is 9.21. The number of aromatic nitrogens is 3. The normalized spacial score (nSPS) is 15.8. The van der Waals surface area contributed by atoms with Crippen molar-refractivity contribution in [2.45, 2.75) is 0 Å². The Morgan fingerprint density at radius 3 is 1.70 bits per heavy atom. The molecule has 0 atom stereocenters. The molecule has 10 aromatic rings. The van der Waals surface area contributed by atoms with E-state index in [0.29, 0.717) is 22.3 Å². The molecule has 0 saturated carbocycles. The zero-order valence-corrected chi connectivity index (χ0v) is 25.6. The first-order valence-corrected chi connectivity index (χ1v) is 15.4. The number of fused-ring (bicyclic) bond motifs is 6. The lowest BCUT2D eigenvalue weighted by atomic mass is 9.99. The molecule has 0 aliphatic heterocycles. The van der Waals surface area contributed by atoms with Gasteiger partial charge in [-0.15, -0.1) is 0 Å². The van der Waals surface area contributed by atoms with Gasteiger partial charge in [0.1, 0.15) is 22.3 Å². The monoisotopic (exact) mass is 656 g/mol. The number of rotatable bonds is 5. The lowest BCUT2D eigenvalue weighted by Gasteiger charge is -2.09. The summed E-state index contributed by atoms with van der Waals surface area (Å²) in [6.45, 7) is 0. The molecule has 0 aliphatic rings. The van der Waals surface area contributed by atoms with Crippen molar-refractivity contribution in [1.82, 2.24) is 15.0 Å². The molecule has 0 N–H and O–H groups in total. The molecule has 0 saturated heterocycles. The lowest BCUT2D eigenvalue weighted by molar-refractivity contribution is 0.668. The minimum absolute atomic E-state index is 0.133. The molecule has 0 unspecified atom stereocenters. The van der Waals surface area contributed by atoms with E-state index < -0.39 is 118 Å². The zero-order chi connectivity index (χ0) is 46.1. The van der Waals surface area contributed by atoms with Crippen molar-refractivity contribution in [3.05, 3.63) is 163 Å². The average Bonchev–Trinajstić information content (AvgIpc) is 3.90. The Hall–Kier alpha value is -6.85. The number of nitrogens with zero attached hydrogens (tertiary/aromatic N) is 3. The van der Waals surface area contributed by atoms with E-state index in [0.717, 1.165) is 10.8 Å². The smallest absolute Gasteiger partial charge is 0.164 e. The van der Waals surface area contributed by atoms with E-state index in [4.69, 9.17) is 28.9 Å². The molecule has 7 aromatic carbocycles. The van der Waals surface area contributed by atoms with E-state index >= 15 is 0 Å². The summed E-state index contributed by atoms with van der Waals surface area (Å²) in [6.07, 6.45) is 0. The van der Waals surface area contributed by atoms with Gasteiger partial charge in [0, 0.05) is 38.2 Å². The van der Waals surface area contributed by atoms with E-state index in [2.05, 4.69) is 9.97 Å². The molecule has 3 heterocycles. The predicted molar refractivity (Wildman–Crippen MR) is 202 cm³/mol. The summed E-state index contributed by atoms with van der Waals surface area (Å²) in [7, 11) is 0. The summed E-state index contributed by atoms with van der Waals surface area (Å²) in [5.41, 5.74) is -1.19. The molecule has 3 aromatic heterocycles. The van der Waals surface area contributed by atoms with Crippen LogP contribution >= 0.6 is 0 Å². The van der Waals surface area contributed by atoms with Gasteiger partial charge in [-0.2, -0.15) is 0 Å². The van der Waals surface area contributed by atoms with Gasteiger partial charge in [0.2, 0.25) is 0 Å².